The number of hydrogen-bond acceptors (Lipinski definition) is 4. The highest BCUT2D eigenvalue weighted by Crippen LogP contribution is 2.27. The van der Waals surface area contributed by atoms with Crippen molar-refractivity contribution in [3.63, 3.8) is 0 Å². The molecule has 8 nitrogen and oxygen atoms in total. The maximum absolute atomic E-state index is 12.8. The Morgan fingerprint density at radius 2 is 1.83 bits per heavy atom. The molecule has 1 saturated heterocycles. The van der Waals surface area contributed by atoms with Crippen LogP contribution >= 0.6 is 0 Å². The summed E-state index contributed by atoms with van der Waals surface area (Å²) < 4.78 is 27.0. The maximum Gasteiger partial charge on any atom is 0.225 e. The average Bonchev–Trinajstić information content (AvgIpc) is 3.15. The lowest BCUT2D eigenvalue weighted by atomic mass is 9.86. The molecule has 0 radical (unpaired) electrons. The summed E-state index contributed by atoms with van der Waals surface area (Å²) in [5.41, 5.74) is 0. The smallest absolute Gasteiger partial charge is 0.225 e. The van der Waals surface area contributed by atoms with Gasteiger partial charge in [-0.05, 0) is 44.9 Å². The minimum atomic E-state index is -3.29. The molecule has 2 aliphatic carbocycles. The number of carbonyl (C=O) groups is 1. The second kappa shape index (κ2) is 11.3. The predicted octanol–water partition coefficient (Wildman–Crippen LogP) is 1.44. The molecule has 2 saturated carbocycles. The lowest BCUT2D eigenvalue weighted by Gasteiger charge is -2.26. The van der Waals surface area contributed by atoms with Crippen LogP contribution in [0.4, 0.5) is 0 Å². The number of nitrogens with one attached hydrogen (secondary N) is 3. The Labute approximate surface area is 181 Å². The highest BCUT2D eigenvalue weighted by atomic mass is 32.2. The summed E-state index contributed by atoms with van der Waals surface area (Å²) in [5, 5.41) is 6.58. The fourth-order valence-corrected chi connectivity index (χ4v) is 5.46. The van der Waals surface area contributed by atoms with Gasteiger partial charge in [0.2, 0.25) is 15.9 Å². The minimum absolute atomic E-state index is 0.00669. The predicted molar refractivity (Wildman–Crippen MR) is 120 cm³/mol. The summed E-state index contributed by atoms with van der Waals surface area (Å²) >= 11 is 0. The minimum Gasteiger partial charge on any atom is -0.357 e. The Balaban J connectivity index is 1.43. The SMILES string of the molecule is CCNC(=NCCS(=O)(=O)NCC1CCC1)NC1CCN(C(=O)C2CCCCC2)C1. The molecule has 172 valence electrons. The number of hydrogen-bond donors (Lipinski definition) is 3. The van der Waals surface area contributed by atoms with Crippen LogP contribution < -0.4 is 15.4 Å². The van der Waals surface area contributed by atoms with E-state index < -0.39 is 10.0 Å². The Hall–Kier alpha value is -1.35. The summed E-state index contributed by atoms with van der Waals surface area (Å²) in [6.07, 6.45) is 9.99. The normalized spacial score (nSPS) is 24.0. The van der Waals surface area contributed by atoms with Crippen molar-refractivity contribution in [3.8, 4) is 0 Å². The van der Waals surface area contributed by atoms with Crippen molar-refractivity contribution in [2.24, 2.45) is 16.8 Å². The first-order valence-electron chi connectivity index (χ1n) is 11.8. The summed E-state index contributed by atoms with van der Waals surface area (Å²) in [6.45, 7) is 4.94. The maximum atomic E-state index is 12.8. The Morgan fingerprint density at radius 3 is 2.50 bits per heavy atom. The number of aliphatic imine (C=N–C) groups is 1. The zero-order chi connectivity index (χ0) is 21.4. The van der Waals surface area contributed by atoms with Crippen LogP contribution in [0.5, 0.6) is 0 Å². The fourth-order valence-electron chi connectivity index (χ4n) is 4.49. The molecule has 9 heteroatoms. The van der Waals surface area contributed by atoms with Gasteiger partial charge in [-0.1, -0.05) is 25.7 Å². The van der Waals surface area contributed by atoms with E-state index in [1.165, 1.54) is 25.7 Å². The quantitative estimate of drug-likeness (QED) is 0.371. The second-order valence-corrected chi connectivity index (χ2v) is 10.9. The molecule has 1 amide bonds. The van der Waals surface area contributed by atoms with Crippen LogP contribution in [-0.2, 0) is 14.8 Å². The van der Waals surface area contributed by atoms with Crippen LogP contribution in [0, 0.1) is 11.8 Å². The van der Waals surface area contributed by atoms with Gasteiger partial charge >= 0.3 is 0 Å². The summed E-state index contributed by atoms with van der Waals surface area (Å²) in [6, 6.07) is 0.156. The van der Waals surface area contributed by atoms with Crippen molar-refractivity contribution in [3.05, 3.63) is 0 Å². The van der Waals surface area contributed by atoms with Gasteiger partial charge in [0, 0.05) is 38.1 Å². The number of likely N-dealkylation sites (tertiary alicyclic amines) is 1. The van der Waals surface area contributed by atoms with Crippen LogP contribution in [0.1, 0.15) is 64.7 Å². The molecule has 0 spiro atoms. The van der Waals surface area contributed by atoms with E-state index in [1.807, 2.05) is 11.8 Å². The van der Waals surface area contributed by atoms with E-state index in [-0.39, 0.29) is 24.3 Å². The molecule has 1 atom stereocenters. The monoisotopic (exact) mass is 441 g/mol. The third kappa shape index (κ3) is 7.11. The summed E-state index contributed by atoms with van der Waals surface area (Å²) in [7, 11) is -3.29. The third-order valence-electron chi connectivity index (χ3n) is 6.59. The molecule has 3 fully saturated rings. The molecule has 0 aromatic heterocycles. The van der Waals surface area contributed by atoms with Crippen molar-refractivity contribution in [1.29, 1.82) is 0 Å². The van der Waals surface area contributed by atoms with Crippen LogP contribution in [0.2, 0.25) is 0 Å². The molecule has 1 aliphatic heterocycles. The van der Waals surface area contributed by atoms with Crippen molar-refractivity contribution in [2.75, 3.05) is 38.5 Å². The number of sulfonamides is 1. The first-order chi connectivity index (χ1) is 14.5. The molecule has 30 heavy (non-hydrogen) atoms. The zero-order valence-electron chi connectivity index (χ0n) is 18.4. The number of rotatable bonds is 9. The number of guanidine groups is 1. The number of nitrogens with zero attached hydrogens (tertiary/aromatic N) is 2. The van der Waals surface area contributed by atoms with Crippen LogP contribution in [-0.4, -0.2) is 69.7 Å². The molecule has 0 bridgehead atoms. The largest absolute Gasteiger partial charge is 0.357 e. The second-order valence-electron chi connectivity index (χ2n) is 8.97. The Morgan fingerprint density at radius 1 is 1.07 bits per heavy atom. The molecule has 3 N–H and O–H groups in total. The van der Waals surface area contributed by atoms with Gasteiger partial charge in [0.25, 0.3) is 0 Å². The van der Waals surface area contributed by atoms with Crippen LogP contribution in [0.15, 0.2) is 4.99 Å². The number of carbonyl (C=O) groups excluding carboxylic acids is 1. The van der Waals surface area contributed by atoms with Crippen molar-refractivity contribution >= 4 is 21.9 Å². The third-order valence-corrected chi connectivity index (χ3v) is 7.91. The summed E-state index contributed by atoms with van der Waals surface area (Å²) in [5.74, 6) is 1.64. The van der Waals surface area contributed by atoms with Crippen LogP contribution in [0.3, 0.4) is 0 Å². The highest BCUT2D eigenvalue weighted by molar-refractivity contribution is 7.89. The molecule has 3 rings (SSSR count). The van der Waals surface area contributed by atoms with E-state index >= 15 is 0 Å². The fraction of sp³-hybridized carbons (Fsp3) is 0.905. The molecule has 1 unspecified atom stereocenters. The van der Waals surface area contributed by atoms with Crippen molar-refractivity contribution < 1.29 is 13.2 Å². The van der Waals surface area contributed by atoms with E-state index in [9.17, 15) is 13.2 Å². The molecular weight excluding hydrogens is 402 g/mol. The highest BCUT2D eigenvalue weighted by Gasteiger charge is 2.31. The molecule has 0 aromatic rings. The number of amides is 1. The lowest BCUT2D eigenvalue weighted by Crippen LogP contribution is -2.46. The van der Waals surface area contributed by atoms with Gasteiger partial charge < -0.3 is 15.5 Å². The van der Waals surface area contributed by atoms with Gasteiger partial charge in [-0.2, -0.15) is 0 Å². The first-order valence-corrected chi connectivity index (χ1v) is 13.4. The van der Waals surface area contributed by atoms with Gasteiger partial charge in [-0.3, -0.25) is 9.79 Å². The van der Waals surface area contributed by atoms with E-state index in [2.05, 4.69) is 20.3 Å². The van der Waals surface area contributed by atoms with Gasteiger partial charge in [-0.25, -0.2) is 13.1 Å². The Kier molecular flexibility index (Phi) is 8.80. The Bertz CT molecular complexity index is 687. The molecule has 0 aromatic carbocycles. The molecule has 1 heterocycles. The van der Waals surface area contributed by atoms with Gasteiger partial charge in [0.15, 0.2) is 5.96 Å². The van der Waals surface area contributed by atoms with E-state index in [0.29, 0.717) is 37.4 Å². The average molecular weight is 442 g/mol. The van der Waals surface area contributed by atoms with E-state index in [1.54, 1.807) is 0 Å². The van der Waals surface area contributed by atoms with Gasteiger partial charge in [0.05, 0.1) is 12.3 Å². The molecule has 3 aliphatic rings. The van der Waals surface area contributed by atoms with E-state index in [0.717, 1.165) is 38.6 Å². The van der Waals surface area contributed by atoms with Crippen LogP contribution in [0.25, 0.3) is 0 Å². The zero-order valence-corrected chi connectivity index (χ0v) is 19.2. The summed E-state index contributed by atoms with van der Waals surface area (Å²) in [4.78, 5) is 19.2. The van der Waals surface area contributed by atoms with Crippen molar-refractivity contribution in [1.82, 2.24) is 20.3 Å². The van der Waals surface area contributed by atoms with E-state index in [4.69, 9.17) is 0 Å². The van der Waals surface area contributed by atoms with Gasteiger partial charge in [-0.15, -0.1) is 0 Å². The first kappa shape index (κ1) is 23.3. The topological polar surface area (TPSA) is 103 Å². The standard InChI is InChI=1S/C21H39N5O3S/c1-2-22-21(23-12-14-30(28,29)24-15-17-7-6-8-17)25-19-11-13-26(16-19)20(27)18-9-4-3-5-10-18/h17-19,24H,2-16H2,1H3,(H2,22,23,25). The van der Waals surface area contributed by atoms with Crippen molar-refractivity contribution in [2.45, 2.75) is 70.8 Å². The molecular formula is C21H39N5O3S. The lowest BCUT2D eigenvalue weighted by molar-refractivity contribution is -0.135. The van der Waals surface area contributed by atoms with Gasteiger partial charge in [0.1, 0.15) is 0 Å².